The molecule has 0 bridgehead atoms. The largest absolute Gasteiger partial charge is 0.420 e. The van der Waals surface area contributed by atoms with Crippen molar-refractivity contribution in [3.8, 4) is 0 Å². The maximum Gasteiger partial charge on any atom is 0.192 e. The van der Waals surface area contributed by atoms with E-state index < -0.39 is 17.4 Å². The summed E-state index contributed by atoms with van der Waals surface area (Å²) in [5, 5.41) is 0. The molecule has 5 heteroatoms. The van der Waals surface area contributed by atoms with Gasteiger partial charge in [0.1, 0.15) is 0 Å². The minimum atomic E-state index is -1.57. The second-order valence-electron chi connectivity index (χ2n) is 6.98. The predicted molar refractivity (Wildman–Crippen MR) is 85.4 cm³/mol. The van der Waals surface area contributed by atoms with Crippen LogP contribution in [0.1, 0.15) is 46.0 Å². The second kappa shape index (κ2) is 6.85. The van der Waals surface area contributed by atoms with Crippen LogP contribution in [0.2, 0.25) is 23.8 Å². The molecule has 2 unspecified atom stereocenters. The Morgan fingerprint density at radius 3 is 2.74 bits per heavy atom. The van der Waals surface area contributed by atoms with E-state index in [2.05, 4.69) is 13.8 Å². The molecule has 2 aliphatic rings. The van der Waals surface area contributed by atoms with Gasteiger partial charge in [0.15, 0.2) is 17.4 Å². The van der Waals surface area contributed by atoms with Gasteiger partial charge in [0.05, 0.1) is 5.60 Å². The Morgan fingerprint density at radius 1 is 1.26 bits per heavy atom. The first-order valence-electron chi connectivity index (χ1n) is 8.07. The van der Waals surface area contributed by atoms with Gasteiger partial charge in [0.25, 0.3) is 0 Å². The van der Waals surface area contributed by atoms with Crippen molar-refractivity contribution in [2.75, 3.05) is 13.2 Å². The standard InChI is InChI=1S/C14H31NO2Si2/c1-14(2)7-5-11-19(17-14,12-6-8-15)13-18-10-4-3-9-16-18/h18H,3-13,15H2,1-2H3. The Balaban J connectivity index is 2.00. The van der Waals surface area contributed by atoms with Crippen LogP contribution in [0.3, 0.4) is 0 Å². The van der Waals surface area contributed by atoms with Gasteiger partial charge in [-0.15, -0.1) is 0 Å². The fraction of sp³-hybridized carbons (Fsp3) is 1.00. The molecule has 2 heterocycles. The van der Waals surface area contributed by atoms with Crippen LogP contribution in [0, 0.1) is 0 Å². The molecule has 0 aromatic heterocycles. The third-order valence-electron chi connectivity index (χ3n) is 4.61. The molecule has 2 N–H and O–H groups in total. The summed E-state index contributed by atoms with van der Waals surface area (Å²) >= 11 is 0. The molecular weight excluding hydrogens is 270 g/mol. The van der Waals surface area contributed by atoms with E-state index in [0.717, 1.165) is 19.6 Å². The molecule has 0 radical (unpaired) electrons. The Hall–Kier alpha value is 0.314. The summed E-state index contributed by atoms with van der Waals surface area (Å²) < 4.78 is 12.8. The number of hydrogen-bond donors (Lipinski definition) is 1. The van der Waals surface area contributed by atoms with Crippen molar-refractivity contribution < 1.29 is 8.85 Å². The highest BCUT2D eigenvalue weighted by molar-refractivity contribution is 6.84. The molecule has 0 spiro atoms. The Labute approximate surface area is 121 Å². The molecular formula is C14H31NO2Si2. The van der Waals surface area contributed by atoms with Crippen LogP contribution < -0.4 is 5.73 Å². The fourth-order valence-corrected chi connectivity index (χ4v) is 15.1. The lowest BCUT2D eigenvalue weighted by molar-refractivity contribution is 0.0684. The van der Waals surface area contributed by atoms with Crippen LogP contribution in [0.25, 0.3) is 0 Å². The topological polar surface area (TPSA) is 44.5 Å². The highest BCUT2D eigenvalue weighted by Crippen LogP contribution is 2.39. The van der Waals surface area contributed by atoms with Crippen LogP contribution in [0.4, 0.5) is 0 Å². The van der Waals surface area contributed by atoms with Gasteiger partial charge in [-0.25, -0.2) is 0 Å². The van der Waals surface area contributed by atoms with Crippen molar-refractivity contribution in [1.82, 2.24) is 0 Å². The van der Waals surface area contributed by atoms with Gasteiger partial charge in [-0.3, -0.25) is 0 Å². The first-order chi connectivity index (χ1) is 9.05. The van der Waals surface area contributed by atoms with Crippen LogP contribution in [0.15, 0.2) is 0 Å². The van der Waals surface area contributed by atoms with Crippen molar-refractivity contribution in [2.45, 2.75) is 75.4 Å². The third kappa shape index (κ3) is 4.67. The number of nitrogens with two attached hydrogens (primary N) is 1. The molecule has 0 saturated carbocycles. The van der Waals surface area contributed by atoms with E-state index in [1.807, 2.05) is 0 Å². The van der Waals surface area contributed by atoms with E-state index in [0.29, 0.717) is 0 Å². The smallest absolute Gasteiger partial charge is 0.192 e. The van der Waals surface area contributed by atoms with E-state index in [4.69, 9.17) is 14.6 Å². The molecule has 0 aromatic carbocycles. The summed E-state index contributed by atoms with van der Waals surface area (Å²) in [7, 11) is -2.54. The zero-order valence-electron chi connectivity index (χ0n) is 12.7. The van der Waals surface area contributed by atoms with Gasteiger partial charge >= 0.3 is 0 Å². The Morgan fingerprint density at radius 2 is 2.11 bits per heavy atom. The third-order valence-corrected chi connectivity index (χ3v) is 14.7. The first kappa shape index (κ1) is 15.7. The summed E-state index contributed by atoms with van der Waals surface area (Å²) in [4.78, 5) is 0. The highest BCUT2D eigenvalue weighted by atomic mass is 28.4. The average Bonchev–Trinajstić information content (AvgIpc) is 2.36. The molecule has 2 atom stereocenters. The highest BCUT2D eigenvalue weighted by Gasteiger charge is 2.45. The number of hydrogen-bond acceptors (Lipinski definition) is 3. The van der Waals surface area contributed by atoms with E-state index in [9.17, 15) is 0 Å². The molecule has 2 saturated heterocycles. The van der Waals surface area contributed by atoms with E-state index in [-0.39, 0.29) is 5.60 Å². The Bertz CT molecular complexity index is 283. The van der Waals surface area contributed by atoms with Gasteiger partial charge in [0, 0.05) is 6.61 Å². The van der Waals surface area contributed by atoms with Gasteiger partial charge in [-0.05, 0) is 63.5 Å². The van der Waals surface area contributed by atoms with Crippen molar-refractivity contribution in [2.24, 2.45) is 5.73 Å². The number of rotatable bonds is 5. The van der Waals surface area contributed by atoms with Crippen LogP contribution in [0.5, 0.6) is 0 Å². The van der Waals surface area contributed by atoms with Crippen LogP contribution in [-0.2, 0) is 8.85 Å². The summed E-state index contributed by atoms with van der Waals surface area (Å²) in [5.74, 6) is 0. The van der Waals surface area contributed by atoms with Gasteiger partial charge < -0.3 is 14.6 Å². The molecule has 0 amide bonds. The van der Waals surface area contributed by atoms with E-state index in [1.165, 1.54) is 49.5 Å². The van der Waals surface area contributed by atoms with Crippen LogP contribution in [-0.4, -0.2) is 36.1 Å². The molecule has 3 nitrogen and oxygen atoms in total. The summed E-state index contributed by atoms with van der Waals surface area (Å²) in [5.41, 5.74) is 7.20. The predicted octanol–water partition coefficient (Wildman–Crippen LogP) is 2.94. The maximum atomic E-state index is 6.70. The van der Waals surface area contributed by atoms with E-state index in [1.54, 1.807) is 0 Å². The molecule has 2 fully saturated rings. The average molecular weight is 302 g/mol. The second-order valence-corrected chi connectivity index (χ2v) is 14.3. The van der Waals surface area contributed by atoms with Gasteiger partial charge in [-0.1, -0.05) is 12.8 Å². The lowest BCUT2D eigenvalue weighted by atomic mass is 10.0. The monoisotopic (exact) mass is 301 g/mol. The lowest BCUT2D eigenvalue weighted by Crippen LogP contribution is -2.52. The van der Waals surface area contributed by atoms with Crippen molar-refractivity contribution in [3.63, 3.8) is 0 Å². The molecule has 2 aliphatic heterocycles. The minimum absolute atomic E-state index is 0.0993. The quantitative estimate of drug-likeness (QED) is 0.794. The first-order valence-corrected chi connectivity index (χ1v) is 12.7. The van der Waals surface area contributed by atoms with Crippen molar-refractivity contribution in [1.29, 1.82) is 0 Å². The molecule has 19 heavy (non-hydrogen) atoms. The van der Waals surface area contributed by atoms with Crippen molar-refractivity contribution >= 4 is 17.4 Å². The van der Waals surface area contributed by atoms with E-state index >= 15 is 0 Å². The Kier molecular flexibility index (Phi) is 5.66. The zero-order chi connectivity index (χ0) is 13.8. The summed E-state index contributed by atoms with van der Waals surface area (Å²) in [6.45, 7) is 6.38. The molecule has 2 rings (SSSR count). The fourth-order valence-electron chi connectivity index (χ4n) is 3.75. The van der Waals surface area contributed by atoms with Gasteiger partial charge in [-0.2, -0.15) is 0 Å². The zero-order valence-corrected chi connectivity index (χ0v) is 14.9. The van der Waals surface area contributed by atoms with Crippen molar-refractivity contribution in [3.05, 3.63) is 0 Å². The SMILES string of the molecule is CC1(C)CCC[Si](CCCN)(C[SiH]2CCCCO2)O1. The molecule has 0 aromatic rings. The summed E-state index contributed by atoms with van der Waals surface area (Å²) in [6.07, 6.45) is 6.38. The maximum absolute atomic E-state index is 6.70. The van der Waals surface area contributed by atoms with Crippen LogP contribution >= 0.6 is 0 Å². The lowest BCUT2D eigenvalue weighted by Gasteiger charge is -2.45. The van der Waals surface area contributed by atoms with Gasteiger partial charge in [0.2, 0.25) is 0 Å². The molecule has 0 aliphatic carbocycles. The molecule has 112 valence electrons. The normalized spacial score (nSPS) is 35.2. The minimum Gasteiger partial charge on any atom is -0.420 e. The summed E-state index contributed by atoms with van der Waals surface area (Å²) in [6, 6.07) is 3.99.